The summed E-state index contributed by atoms with van der Waals surface area (Å²) in [5.41, 5.74) is 1.63. The summed E-state index contributed by atoms with van der Waals surface area (Å²) in [6.07, 6.45) is 7.53. The van der Waals surface area contributed by atoms with E-state index in [9.17, 15) is 9.18 Å². The predicted octanol–water partition coefficient (Wildman–Crippen LogP) is 4.96. The molecular formula is C21H23FN2OS. The van der Waals surface area contributed by atoms with E-state index in [-0.39, 0.29) is 17.3 Å². The smallest absolute Gasteiger partial charge is 0.263 e. The summed E-state index contributed by atoms with van der Waals surface area (Å²) in [5, 5.41) is 4.20. The van der Waals surface area contributed by atoms with Gasteiger partial charge in [0.1, 0.15) is 15.7 Å². The highest BCUT2D eigenvalue weighted by Gasteiger charge is 2.51. The Morgan fingerprint density at radius 1 is 1.12 bits per heavy atom. The first-order chi connectivity index (χ1) is 12.5. The molecule has 0 aliphatic heterocycles. The lowest BCUT2D eigenvalue weighted by atomic mass is 9.53. The van der Waals surface area contributed by atoms with Crippen LogP contribution >= 0.6 is 11.3 Å². The van der Waals surface area contributed by atoms with Gasteiger partial charge in [-0.3, -0.25) is 4.79 Å². The number of amides is 1. The first-order valence-corrected chi connectivity index (χ1v) is 10.4. The van der Waals surface area contributed by atoms with Crippen LogP contribution in [0.5, 0.6) is 0 Å². The van der Waals surface area contributed by atoms with Gasteiger partial charge >= 0.3 is 0 Å². The van der Waals surface area contributed by atoms with Crippen molar-refractivity contribution in [2.24, 2.45) is 17.8 Å². The molecule has 0 saturated heterocycles. The Morgan fingerprint density at radius 3 is 2.27 bits per heavy atom. The number of nitrogens with zero attached hydrogens (tertiary/aromatic N) is 1. The van der Waals surface area contributed by atoms with Crippen molar-refractivity contribution < 1.29 is 9.18 Å². The highest BCUT2D eigenvalue weighted by atomic mass is 32.1. The van der Waals surface area contributed by atoms with Gasteiger partial charge in [0.15, 0.2) is 0 Å². The molecule has 1 aromatic heterocycles. The van der Waals surface area contributed by atoms with Crippen LogP contribution in [0.3, 0.4) is 0 Å². The van der Waals surface area contributed by atoms with Crippen LogP contribution in [0.2, 0.25) is 0 Å². The van der Waals surface area contributed by atoms with Gasteiger partial charge in [0.25, 0.3) is 5.91 Å². The molecule has 4 aliphatic carbocycles. The van der Waals surface area contributed by atoms with E-state index in [0.717, 1.165) is 53.3 Å². The molecule has 4 aliphatic rings. The summed E-state index contributed by atoms with van der Waals surface area (Å²) >= 11 is 1.41. The molecular weight excluding hydrogens is 347 g/mol. The van der Waals surface area contributed by atoms with Crippen molar-refractivity contribution in [1.82, 2.24) is 10.3 Å². The minimum absolute atomic E-state index is 0.0122. The van der Waals surface area contributed by atoms with Gasteiger partial charge < -0.3 is 5.32 Å². The van der Waals surface area contributed by atoms with Gasteiger partial charge in [-0.05, 0) is 87.5 Å². The van der Waals surface area contributed by atoms with Crippen molar-refractivity contribution in [2.75, 3.05) is 0 Å². The molecule has 1 amide bonds. The van der Waals surface area contributed by atoms with E-state index in [2.05, 4.69) is 10.3 Å². The van der Waals surface area contributed by atoms with E-state index in [1.807, 2.05) is 6.92 Å². The highest BCUT2D eigenvalue weighted by molar-refractivity contribution is 7.17. The minimum Gasteiger partial charge on any atom is -0.346 e. The number of nitrogens with one attached hydrogen (secondary N) is 1. The molecule has 0 atom stereocenters. The number of carbonyl (C=O) groups is 1. The summed E-state index contributed by atoms with van der Waals surface area (Å²) < 4.78 is 13.1. The lowest BCUT2D eigenvalue weighted by Gasteiger charge is -2.56. The van der Waals surface area contributed by atoms with Gasteiger partial charge in [-0.15, -0.1) is 11.3 Å². The standard InChI is InChI=1S/C21H23FN2OS/c1-12-18(26-20(23-12)16-2-4-17(22)5-3-16)19(25)24-21-9-13-6-14(10-21)8-15(7-13)11-21/h2-5,13-15H,6-11H2,1H3,(H,24,25). The van der Waals surface area contributed by atoms with Crippen molar-refractivity contribution in [2.45, 2.75) is 51.0 Å². The first kappa shape index (κ1) is 16.4. The second-order valence-electron chi connectivity index (χ2n) is 8.59. The molecule has 0 radical (unpaired) electrons. The summed E-state index contributed by atoms with van der Waals surface area (Å²) in [6, 6.07) is 6.30. The van der Waals surface area contributed by atoms with Crippen molar-refractivity contribution >= 4 is 17.2 Å². The number of aromatic nitrogens is 1. The molecule has 4 saturated carbocycles. The van der Waals surface area contributed by atoms with Crippen LogP contribution in [0, 0.1) is 30.5 Å². The molecule has 1 N–H and O–H groups in total. The van der Waals surface area contributed by atoms with Crippen LogP contribution in [0.15, 0.2) is 24.3 Å². The minimum atomic E-state index is -0.262. The number of rotatable bonds is 3. The topological polar surface area (TPSA) is 42.0 Å². The maximum Gasteiger partial charge on any atom is 0.263 e. The average Bonchev–Trinajstić information content (AvgIpc) is 2.96. The van der Waals surface area contributed by atoms with Gasteiger partial charge in [0.05, 0.1) is 5.69 Å². The van der Waals surface area contributed by atoms with Crippen LogP contribution in [0.4, 0.5) is 4.39 Å². The molecule has 1 aromatic carbocycles. The quantitative estimate of drug-likeness (QED) is 0.830. The number of aryl methyl sites for hydroxylation is 1. The number of hydrogen-bond donors (Lipinski definition) is 1. The molecule has 136 valence electrons. The zero-order valence-electron chi connectivity index (χ0n) is 14.9. The number of halogens is 1. The Labute approximate surface area is 157 Å². The van der Waals surface area contributed by atoms with E-state index in [0.29, 0.717) is 4.88 Å². The Bertz CT molecular complexity index is 822. The lowest BCUT2D eigenvalue weighted by Crippen LogP contribution is -2.59. The molecule has 0 spiro atoms. The zero-order valence-corrected chi connectivity index (χ0v) is 15.7. The van der Waals surface area contributed by atoms with Crippen molar-refractivity contribution in [3.63, 3.8) is 0 Å². The Balaban J connectivity index is 1.38. The maximum atomic E-state index is 13.1. The fraction of sp³-hybridized carbons (Fsp3) is 0.524. The fourth-order valence-corrected chi connectivity index (χ4v) is 6.85. The molecule has 3 nitrogen and oxygen atoms in total. The molecule has 1 heterocycles. The molecule has 4 bridgehead atoms. The van der Waals surface area contributed by atoms with E-state index in [4.69, 9.17) is 0 Å². The van der Waals surface area contributed by atoms with Gasteiger partial charge in [0, 0.05) is 11.1 Å². The largest absolute Gasteiger partial charge is 0.346 e. The summed E-state index contributed by atoms with van der Waals surface area (Å²) in [5.74, 6) is 2.17. The third kappa shape index (κ3) is 2.77. The van der Waals surface area contributed by atoms with E-state index in [1.54, 1.807) is 12.1 Å². The number of benzene rings is 1. The molecule has 2 aromatic rings. The Hall–Kier alpha value is -1.75. The van der Waals surface area contributed by atoms with Gasteiger partial charge in [-0.2, -0.15) is 0 Å². The fourth-order valence-electron chi connectivity index (χ4n) is 5.88. The maximum absolute atomic E-state index is 13.1. The molecule has 0 unspecified atom stereocenters. The molecule has 26 heavy (non-hydrogen) atoms. The number of hydrogen-bond acceptors (Lipinski definition) is 3. The summed E-state index contributed by atoms with van der Waals surface area (Å²) in [4.78, 5) is 18.3. The molecule has 6 rings (SSSR count). The summed E-state index contributed by atoms with van der Waals surface area (Å²) in [6.45, 7) is 1.89. The van der Waals surface area contributed by atoms with Gasteiger partial charge in [0.2, 0.25) is 0 Å². The highest BCUT2D eigenvalue weighted by Crippen LogP contribution is 2.55. The number of thiazole rings is 1. The van der Waals surface area contributed by atoms with E-state index < -0.39 is 0 Å². The molecule has 5 heteroatoms. The second kappa shape index (κ2) is 5.88. The normalized spacial score (nSPS) is 32.0. The van der Waals surface area contributed by atoms with Crippen molar-refractivity contribution in [3.8, 4) is 10.6 Å². The zero-order chi connectivity index (χ0) is 17.9. The number of carbonyl (C=O) groups excluding carboxylic acids is 1. The van der Waals surface area contributed by atoms with Crippen LogP contribution in [-0.2, 0) is 0 Å². The van der Waals surface area contributed by atoms with Gasteiger partial charge in [-0.1, -0.05) is 0 Å². The SMILES string of the molecule is Cc1nc(-c2ccc(F)cc2)sc1C(=O)NC12CC3CC(CC(C3)C1)C2. The van der Waals surface area contributed by atoms with E-state index >= 15 is 0 Å². The monoisotopic (exact) mass is 370 g/mol. The van der Waals surface area contributed by atoms with Crippen molar-refractivity contribution in [1.29, 1.82) is 0 Å². The predicted molar refractivity (Wildman–Crippen MR) is 101 cm³/mol. The third-order valence-corrected chi connectivity index (χ3v) is 7.72. The van der Waals surface area contributed by atoms with Crippen LogP contribution in [-0.4, -0.2) is 16.4 Å². The summed E-state index contributed by atoms with van der Waals surface area (Å²) in [7, 11) is 0. The van der Waals surface area contributed by atoms with Crippen LogP contribution in [0.25, 0.3) is 10.6 Å². The van der Waals surface area contributed by atoms with Crippen LogP contribution < -0.4 is 5.32 Å². The van der Waals surface area contributed by atoms with Crippen molar-refractivity contribution in [3.05, 3.63) is 40.7 Å². The third-order valence-electron chi connectivity index (χ3n) is 6.51. The van der Waals surface area contributed by atoms with E-state index in [1.165, 1.54) is 42.7 Å². The Kier molecular flexibility index (Phi) is 3.71. The lowest BCUT2D eigenvalue weighted by molar-refractivity contribution is -0.0166. The first-order valence-electron chi connectivity index (χ1n) is 9.55. The van der Waals surface area contributed by atoms with Crippen LogP contribution in [0.1, 0.15) is 53.9 Å². The second-order valence-corrected chi connectivity index (χ2v) is 9.59. The Morgan fingerprint density at radius 2 is 1.69 bits per heavy atom. The van der Waals surface area contributed by atoms with Gasteiger partial charge in [-0.25, -0.2) is 9.37 Å². The average molecular weight is 370 g/mol. The molecule has 4 fully saturated rings.